The van der Waals surface area contributed by atoms with Crippen molar-refractivity contribution >= 4 is 12.1 Å². The van der Waals surface area contributed by atoms with Gasteiger partial charge in [-0.15, -0.1) is 10.2 Å². The van der Waals surface area contributed by atoms with Gasteiger partial charge in [-0.1, -0.05) is 5.10 Å². The van der Waals surface area contributed by atoms with Crippen LogP contribution in [-0.4, -0.2) is 49.8 Å². The van der Waals surface area contributed by atoms with Gasteiger partial charge in [-0.05, 0) is 37.3 Å². The lowest BCUT2D eigenvalue weighted by Gasteiger charge is -2.06. The number of aromatic nitrogens is 6. The second-order valence-electron chi connectivity index (χ2n) is 5.79. The van der Waals surface area contributed by atoms with Crippen molar-refractivity contribution in [2.45, 2.75) is 6.92 Å². The maximum atomic E-state index is 11.2. The molecule has 9 heteroatoms. The third kappa shape index (κ3) is 3.13. The van der Waals surface area contributed by atoms with Crippen molar-refractivity contribution in [3.05, 3.63) is 48.3 Å². The normalized spacial score (nSPS) is 10.8. The van der Waals surface area contributed by atoms with Crippen molar-refractivity contribution in [2.75, 3.05) is 13.7 Å². The van der Waals surface area contributed by atoms with Crippen LogP contribution < -0.4 is 9.47 Å². The van der Waals surface area contributed by atoms with Crippen LogP contribution >= 0.6 is 0 Å². The highest BCUT2D eigenvalue weighted by Gasteiger charge is 2.20. The van der Waals surface area contributed by atoms with Gasteiger partial charge in [-0.2, -0.15) is 4.52 Å². The largest absolute Gasteiger partial charge is 0.497 e. The average molecular weight is 376 g/mol. The summed E-state index contributed by atoms with van der Waals surface area (Å²) >= 11 is 0. The Labute approximate surface area is 160 Å². The molecule has 3 aromatic heterocycles. The first-order valence-electron chi connectivity index (χ1n) is 8.54. The second-order valence-corrected chi connectivity index (χ2v) is 5.79. The highest BCUT2D eigenvalue weighted by molar-refractivity contribution is 5.84. The smallest absolute Gasteiger partial charge is 0.353 e. The average Bonchev–Trinajstić information content (AvgIpc) is 3.13. The van der Waals surface area contributed by atoms with Gasteiger partial charge in [0.1, 0.15) is 17.1 Å². The fourth-order valence-electron chi connectivity index (χ4n) is 2.80. The molecule has 3 heterocycles. The zero-order chi connectivity index (χ0) is 19.5. The zero-order valence-corrected chi connectivity index (χ0v) is 15.2. The maximum absolute atomic E-state index is 11.2. The van der Waals surface area contributed by atoms with E-state index < -0.39 is 0 Å². The Balaban J connectivity index is 1.98. The van der Waals surface area contributed by atoms with Crippen LogP contribution in [0.25, 0.3) is 28.3 Å². The van der Waals surface area contributed by atoms with Gasteiger partial charge in [0, 0.05) is 29.1 Å². The van der Waals surface area contributed by atoms with Crippen molar-refractivity contribution in [1.29, 1.82) is 0 Å². The van der Waals surface area contributed by atoms with Gasteiger partial charge in [0.15, 0.2) is 6.29 Å². The number of hydrogen-bond donors (Lipinski definition) is 0. The van der Waals surface area contributed by atoms with Crippen molar-refractivity contribution in [3.63, 3.8) is 0 Å². The van der Waals surface area contributed by atoms with E-state index in [4.69, 9.17) is 9.47 Å². The molecule has 9 nitrogen and oxygen atoms in total. The molecule has 0 bridgehead atoms. The van der Waals surface area contributed by atoms with Crippen molar-refractivity contribution in [1.82, 2.24) is 29.8 Å². The Bertz CT molecular complexity index is 1140. The quantitative estimate of drug-likeness (QED) is 0.473. The number of fused-ring (bicyclic) bond motifs is 1. The van der Waals surface area contributed by atoms with E-state index in [1.165, 1.54) is 6.20 Å². The molecule has 4 rings (SSSR count). The first kappa shape index (κ1) is 17.5. The van der Waals surface area contributed by atoms with Gasteiger partial charge < -0.3 is 9.47 Å². The Morgan fingerprint density at radius 3 is 2.64 bits per heavy atom. The van der Waals surface area contributed by atoms with Crippen LogP contribution in [0.4, 0.5) is 0 Å². The predicted octanol–water partition coefficient (Wildman–Crippen LogP) is 2.47. The van der Waals surface area contributed by atoms with Gasteiger partial charge in [-0.25, -0.2) is 4.98 Å². The first-order valence-corrected chi connectivity index (χ1v) is 8.54. The monoisotopic (exact) mass is 376 g/mol. The van der Waals surface area contributed by atoms with Crippen LogP contribution in [0, 0.1) is 0 Å². The molecule has 0 saturated carbocycles. The summed E-state index contributed by atoms with van der Waals surface area (Å²) in [6.45, 7) is 2.24. The number of carbonyl (C=O) groups is 1. The molecular weight excluding hydrogens is 360 g/mol. The van der Waals surface area contributed by atoms with E-state index in [1.54, 1.807) is 23.9 Å². The Morgan fingerprint density at radius 2 is 1.93 bits per heavy atom. The van der Waals surface area contributed by atoms with Crippen LogP contribution in [0.15, 0.2) is 42.7 Å². The molecule has 1 aromatic carbocycles. The van der Waals surface area contributed by atoms with Crippen molar-refractivity contribution in [2.24, 2.45) is 0 Å². The molecule has 0 aliphatic carbocycles. The van der Waals surface area contributed by atoms with E-state index in [0.29, 0.717) is 34.9 Å². The van der Waals surface area contributed by atoms with E-state index in [0.717, 1.165) is 17.6 Å². The third-order valence-corrected chi connectivity index (χ3v) is 4.05. The van der Waals surface area contributed by atoms with Crippen LogP contribution in [0.3, 0.4) is 0 Å². The van der Waals surface area contributed by atoms with Crippen molar-refractivity contribution in [3.8, 4) is 34.3 Å². The van der Waals surface area contributed by atoms with Crippen LogP contribution in [0.2, 0.25) is 0 Å². The minimum atomic E-state index is 0.134. The van der Waals surface area contributed by atoms with Crippen LogP contribution in [0.5, 0.6) is 11.8 Å². The molecule has 140 valence electrons. The highest BCUT2D eigenvalue weighted by atomic mass is 16.5. The number of benzene rings is 1. The lowest BCUT2D eigenvalue weighted by atomic mass is 10.1. The fraction of sp³-hybridized carbons (Fsp3) is 0.158. The molecule has 0 atom stereocenters. The van der Waals surface area contributed by atoms with Gasteiger partial charge in [0.2, 0.25) is 0 Å². The van der Waals surface area contributed by atoms with E-state index >= 15 is 0 Å². The molecule has 0 spiro atoms. The van der Waals surface area contributed by atoms with Gasteiger partial charge in [0.05, 0.1) is 13.7 Å². The van der Waals surface area contributed by atoms with Gasteiger partial charge in [0.25, 0.3) is 5.78 Å². The SMILES string of the molecule is CCOc1nnc2nc(-c3ccc(OC)cc3)c(-c3cncc(C=O)c3)n2n1. The molecule has 0 aliphatic heterocycles. The lowest BCUT2D eigenvalue weighted by molar-refractivity contribution is 0.112. The summed E-state index contributed by atoms with van der Waals surface area (Å²) in [5.74, 6) is 1.04. The molecule has 0 radical (unpaired) electrons. The van der Waals surface area contributed by atoms with E-state index in [2.05, 4.69) is 25.3 Å². The predicted molar refractivity (Wildman–Crippen MR) is 100 cm³/mol. The number of ether oxygens (including phenoxy) is 2. The Morgan fingerprint density at radius 1 is 1.11 bits per heavy atom. The first-order chi connectivity index (χ1) is 13.7. The summed E-state index contributed by atoms with van der Waals surface area (Å²) in [7, 11) is 1.61. The molecule has 0 saturated heterocycles. The Hall–Kier alpha value is -3.88. The van der Waals surface area contributed by atoms with E-state index in [1.807, 2.05) is 31.2 Å². The zero-order valence-electron chi connectivity index (χ0n) is 15.2. The standard InChI is InChI=1S/C19H16N6O3/c1-3-28-19-23-22-18-21-16(13-4-6-15(27-2)7-5-13)17(25(18)24-19)14-8-12(11-26)9-20-10-14/h4-11H,3H2,1-2H3. The summed E-state index contributed by atoms with van der Waals surface area (Å²) in [4.78, 5) is 20.0. The second kappa shape index (κ2) is 7.39. The number of pyridine rings is 1. The number of methoxy groups -OCH3 is 1. The van der Waals surface area contributed by atoms with Crippen molar-refractivity contribution < 1.29 is 14.3 Å². The molecule has 0 fully saturated rings. The molecule has 0 aliphatic rings. The summed E-state index contributed by atoms with van der Waals surface area (Å²) in [6, 6.07) is 9.31. The number of aldehydes is 1. The number of carbonyl (C=O) groups excluding carboxylic acids is 1. The highest BCUT2D eigenvalue weighted by Crippen LogP contribution is 2.32. The molecule has 0 N–H and O–H groups in total. The minimum absolute atomic E-state index is 0.134. The van der Waals surface area contributed by atoms with Crippen LogP contribution in [-0.2, 0) is 0 Å². The Kier molecular flexibility index (Phi) is 4.63. The number of imidazole rings is 1. The van der Waals surface area contributed by atoms with E-state index in [-0.39, 0.29) is 6.01 Å². The van der Waals surface area contributed by atoms with Gasteiger partial charge in [-0.3, -0.25) is 9.78 Å². The summed E-state index contributed by atoms with van der Waals surface area (Å²) < 4.78 is 12.1. The fourth-order valence-corrected chi connectivity index (χ4v) is 2.80. The topological polar surface area (TPSA) is 104 Å². The van der Waals surface area contributed by atoms with E-state index in [9.17, 15) is 4.79 Å². The summed E-state index contributed by atoms with van der Waals surface area (Å²) in [6.07, 6.45) is 3.88. The number of rotatable bonds is 6. The molecular formula is C19H16N6O3. The molecule has 0 unspecified atom stereocenters. The maximum Gasteiger partial charge on any atom is 0.353 e. The molecule has 0 amide bonds. The minimum Gasteiger partial charge on any atom is -0.497 e. The third-order valence-electron chi connectivity index (χ3n) is 4.05. The van der Waals surface area contributed by atoms with Gasteiger partial charge >= 0.3 is 6.01 Å². The summed E-state index contributed by atoms with van der Waals surface area (Å²) in [5, 5.41) is 12.4. The van der Waals surface area contributed by atoms with Crippen LogP contribution in [0.1, 0.15) is 17.3 Å². The molecule has 28 heavy (non-hydrogen) atoms. The number of hydrogen-bond acceptors (Lipinski definition) is 8. The molecule has 4 aromatic rings. The lowest BCUT2D eigenvalue weighted by Crippen LogP contribution is -2.05. The summed E-state index contributed by atoms with van der Waals surface area (Å²) in [5.41, 5.74) is 3.21. The number of nitrogens with zero attached hydrogens (tertiary/aromatic N) is 6.